The van der Waals surface area contributed by atoms with Crippen LogP contribution in [0.5, 0.6) is 0 Å². The minimum atomic E-state index is 0.188. The number of aromatic nitrogens is 4. The van der Waals surface area contributed by atoms with Crippen molar-refractivity contribution in [2.24, 2.45) is 0 Å². The second-order valence-corrected chi connectivity index (χ2v) is 5.39. The number of anilines is 1. The molecule has 122 valence electrons. The normalized spacial score (nSPS) is 11.4. The highest BCUT2D eigenvalue weighted by Crippen LogP contribution is 2.10. The highest BCUT2D eigenvalue weighted by atomic mass is 16.5. The highest BCUT2D eigenvalue weighted by molar-refractivity contribution is 5.70. The lowest BCUT2D eigenvalue weighted by atomic mass is 10.2. The van der Waals surface area contributed by atoms with Gasteiger partial charge in [-0.25, -0.2) is 9.97 Å². The van der Waals surface area contributed by atoms with Crippen LogP contribution in [0.25, 0.3) is 23.2 Å². The molecule has 0 saturated carbocycles. The van der Waals surface area contributed by atoms with E-state index >= 15 is 0 Å². The SMILES string of the molecule is CCCc1cc(C=Cc2c[n+]([O-])c3ccccc3[n+]2[O-])nc(N)n1. The zero-order valence-corrected chi connectivity index (χ0v) is 13.2. The van der Waals surface area contributed by atoms with Crippen LogP contribution in [0, 0.1) is 10.4 Å². The fraction of sp³-hybridized carbons (Fsp3) is 0.176. The largest absolute Gasteiger partial charge is 0.618 e. The summed E-state index contributed by atoms with van der Waals surface area (Å²) in [6.45, 7) is 2.05. The first kappa shape index (κ1) is 15.7. The lowest BCUT2D eigenvalue weighted by Crippen LogP contribution is -2.40. The molecule has 0 saturated heterocycles. The molecule has 2 aromatic heterocycles. The minimum absolute atomic E-state index is 0.188. The Morgan fingerprint density at radius 2 is 1.88 bits per heavy atom. The van der Waals surface area contributed by atoms with Crippen LogP contribution < -0.4 is 15.2 Å². The molecule has 0 aliphatic carbocycles. The van der Waals surface area contributed by atoms with E-state index in [-0.39, 0.29) is 11.6 Å². The van der Waals surface area contributed by atoms with Gasteiger partial charge < -0.3 is 16.1 Å². The quantitative estimate of drug-likeness (QED) is 0.580. The van der Waals surface area contributed by atoms with E-state index in [2.05, 4.69) is 16.9 Å². The second-order valence-electron chi connectivity index (χ2n) is 5.39. The van der Waals surface area contributed by atoms with Crippen molar-refractivity contribution in [2.75, 3.05) is 5.73 Å². The average Bonchev–Trinajstić information content (AvgIpc) is 2.57. The number of nitrogen functional groups attached to an aromatic ring is 1. The summed E-state index contributed by atoms with van der Waals surface area (Å²) in [5.41, 5.74) is 8.00. The number of fused-ring (bicyclic) bond motifs is 1. The van der Waals surface area contributed by atoms with Gasteiger partial charge in [0.05, 0.1) is 5.69 Å². The van der Waals surface area contributed by atoms with E-state index in [1.165, 1.54) is 6.20 Å². The molecule has 0 aliphatic rings. The van der Waals surface area contributed by atoms with Crippen molar-refractivity contribution in [1.82, 2.24) is 9.97 Å². The van der Waals surface area contributed by atoms with Gasteiger partial charge in [0.25, 0.3) is 22.9 Å². The summed E-state index contributed by atoms with van der Waals surface area (Å²) in [4.78, 5) is 8.29. The Bertz CT molecular complexity index is 924. The third-order valence-electron chi connectivity index (χ3n) is 3.57. The lowest BCUT2D eigenvalue weighted by molar-refractivity contribution is -0.630. The van der Waals surface area contributed by atoms with E-state index in [1.54, 1.807) is 36.4 Å². The highest BCUT2D eigenvalue weighted by Gasteiger charge is 2.16. The summed E-state index contributed by atoms with van der Waals surface area (Å²) < 4.78 is 1.40. The van der Waals surface area contributed by atoms with Crippen LogP contribution in [0.3, 0.4) is 0 Å². The van der Waals surface area contributed by atoms with Gasteiger partial charge in [0.1, 0.15) is 0 Å². The molecule has 0 bridgehead atoms. The second kappa shape index (κ2) is 6.49. The Kier molecular flexibility index (Phi) is 4.24. The number of aryl methyl sites for hydroxylation is 1. The molecule has 0 aliphatic heterocycles. The molecule has 3 aromatic rings. The fourth-order valence-electron chi connectivity index (χ4n) is 2.49. The van der Waals surface area contributed by atoms with Crippen LogP contribution >= 0.6 is 0 Å². The van der Waals surface area contributed by atoms with Gasteiger partial charge in [0.2, 0.25) is 5.95 Å². The molecule has 1 aromatic carbocycles. The van der Waals surface area contributed by atoms with Crippen LogP contribution in [0.2, 0.25) is 0 Å². The van der Waals surface area contributed by atoms with Gasteiger partial charge in [-0.2, -0.15) is 9.46 Å². The topological polar surface area (TPSA) is 106 Å². The predicted molar refractivity (Wildman–Crippen MR) is 91.2 cm³/mol. The monoisotopic (exact) mass is 323 g/mol. The Balaban J connectivity index is 2.01. The summed E-state index contributed by atoms with van der Waals surface area (Å²) in [6.07, 6.45) is 6.18. The van der Waals surface area contributed by atoms with Crippen molar-refractivity contribution >= 4 is 29.1 Å². The van der Waals surface area contributed by atoms with Crippen LogP contribution in [-0.4, -0.2) is 9.97 Å². The van der Waals surface area contributed by atoms with E-state index < -0.39 is 0 Å². The first-order valence-electron chi connectivity index (χ1n) is 7.64. The number of hydrogen-bond donors (Lipinski definition) is 1. The molecular formula is C17H17N5O2. The maximum atomic E-state index is 12.4. The average molecular weight is 323 g/mol. The maximum Gasteiger partial charge on any atom is 0.290 e. The summed E-state index contributed by atoms with van der Waals surface area (Å²) in [5, 5.41) is 24.4. The molecule has 7 heteroatoms. The van der Waals surface area contributed by atoms with Gasteiger partial charge >= 0.3 is 0 Å². The van der Waals surface area contributed by atoms with Gasteiger partial charge in [-0.3, -0.25) is 0 Å². The number of nitrogens with two attached hydrogens (primary N) is 1. The van der Waals surface area contributed by atoms with Crippen LogP contribution in [0.1, 0.15) is 30.4 Å². The molecular weight excluding hydrogens is 306 g/mol. The number of hydrogen-bond acceptors (Lipinski definition) is 5. The summed E-state index contributed by atoms with van der Waals surface area (Å²) >= 11 is 0. The number of nitrogens with zero attached hydrogens (tertiary/aromatic N) is 4. The van der Waals surface area contributed by atoms with Crippen molar-refractivity contribution in [3.05, 3.63) is 64.0 Å². The van der Waals surface area contributed by atoms with Crippen LogP contribution in [-0.2, 0) is 6.42 Å². The molecule has 0 amide bonds. The smallest absolute Gasteiger partial charge is 0.290 e. The standard InChI is InChI=1S/C17H17N5O2/c1-2-5-12-10-13(20-17(18)19-12)8-9-14-11-21(23)15-6-3-4-7-16(15)22(14)24/h3-4,6-11H,2,5H2,1H3,(H2,18,19,20). The van der Waals surface area contributed by atoms with Gasteiger partial charge in [-0.05, 0) is 18.6 Å². The Hall–Kier alpha value is -3.22. The first-order chi connectivity index (χ1) is 11.6. The maximum absolute atomic E-state index is 12.4. The Morgan fingerprint density at radius 1 is 1.12 bits per heavy atom. The van der Waals surface area contributed by atoms with Crippen molar-refractivity contribution in [3.63, 3.8) is 0 Å². The van der Waals surface area contributed by atoms with Crippen LogP contribution in [0.4, 0.5) is 5.95 Å². The molecule has 24 heavy (non-hydrogen) atoms. The van der Waals surface area contributed by atoms with Gasteiger partial charge in [-0.1, -0.05) is 25.5 Å². The third-order valence-corrected chi connectivity index (χ3v) is 3.57. The summed E-state index contributed by atoms with van der Waals surface area (Å²) in [5.74, 6) is 0.188. The van der Waals surface area contributed by atoms with Crippen LogP contribution in [0.15, 0.2) is 36.5 Å². The zero-order valence-electron chi connectivity index (χ0n) is 13.2. The molecule has 2 heterocycles. The number of benzene rings is 1. The molecule has 0 fully saturated rings. The Morgan fingerprint density at radius 3 is 2.62 bits per heavy atom. The predicted octanol–water partition coefficient (Wildman–Crippen LogP) is 1.60. The van der Waals surface area contributed by atoms with Crippen molar-refractivity contribution in [3.8, 4) is 0 Å². The van der Waals surface area contributed by atoms with E-state index in [0.717, 1.165) is 23.3 Å². The lowest BCUT2D eigenvalue weighted by Gasteiger charge is -2.05. The molecule has 0 atom stereocenters. The van der Waals surface area contributed by atoms with Crippen molar-refractivity contribution in [1.29, 1.82) is 0 Å². The first-order valence-corrected chi connectivity index (χ1v) is 7.64. The van der Waals surface area contributed by atoms with E-state index in [1.807, 2.05) is 6.07 Å². The third kappa shape index (κ3) is 3.10. The molecule has 0 radical (unpaired) electrons. The zero-order chi connectivity index (χ0) is 17.1. The number of rotatable bonds is 4. The molecule has 3 rings (SSSR count). The fourth-order valence-corrected chi connectivity index (χ4v) is 2.49. The molecule has 0 spiro atoms. The van der Waals surface area contributed by atoms with E-state index in [9.17, 15) is 10.4 Å². The molecule has 0 unspecified atom stereocenters. The molecule has 2 N–H and O–H groups in total. The van der Waals surface area contributed by atoms with E-state index in [0.29, 0.717) is 21.5 Å². The molecule has 7 nitrogen and oxygen atoms in total. The summed E-state index contributed by atoms with van der Waals surface area (Å²) in [6, 6.07) is 8.46. The minimum Gasteiger partial charge on any atom is -0.618 e. The number of para-hydroxylation sites is 2. The van der Waals surface area contributed by atoms with Gasteiger partial charge in [0.15, 0.2) is 0 Å². The Labute approximate surface area is 138 Å². The van der Waals surface area contributed by atoms with E-state index in [4.69, 9.17) is 5.73 Å². The summed E-state index contributed by atoms with van der Waals surface area (Å²) in [7, 11) is 0. The van der Waals surface area contributed by atoms with Crippen molar-refractivity contribution in [2.45, 2.75) is 19.8 Å². The van der Waals surface area contributed by atoms with Gasteiger partial charge in [-0.15, -0.1) is 0 Å². The van der Waals surface area contributed by atoms with Gasteiger partial charge in [0, 0.05) is 23.9 Å². The van der Waals surface area contributed by atoms with Crippen molar-refractivity contribution < 1.29 is 9.46 Å².